The third-order valence-electron chi connectivity index (χ3n) is 22.7. The monoisotopic (exact) mass is 1950 g/mol. The Kier molecular flexibility index (Phi) is 36.0. The van der Waals surface area contributed by atoms with Crippen molar-refractivity contribution in [3.63, 3.8) is 0 Å². The van der Waals surface area contributed by atoms with E-state index in [1.54, 1.807) is 54.6 Å². The van der Waals surface area contributed by atoms with Crippen molar-refractivity contribution in [2.45, 2.75) is 268 Å². The third-order valence-corrected chi connectivity index (χ3v) is 23.3. The van der Waals surface area contributed by atoms with Crippen LogP contribution in [0.3, 0.4) is 0 Å². The maximum absolute atomic E-state index is 11.9. The molecule has 0 amide bonds. The van der Waals surface area contributed by atoms with Gasteiger partial charge in [-0.2, -0.15) is 33.3 Å². The van der Waals surface area contributed by atoms with Crippen LogP contribution in [0, 0.1) is 108 Å². The van der Waals surface area contributed by atoms with Crippen molar-refractivity contribution < 1.29 is 33.8 Å². The molecule has 39 nitrogen and oxygen atoms in total. The number of carbonyl (C=O) groups excluding carboxylic acids is 3. The van der Waals surface area contributed by atoms with Gasteiger partial charge in [0.2, 0.25) is 0 Å². The number of halogens is 3. The number of aliphatic hydroxyl groups is 1. The Hall–Kier alpha value is -13.4. The molecule has 6 atom stereocenters. The number of H-pyrrole nitrogens is 1. The van der Waals surface area contributed by atoms with Crippen LogP contribution in [0.15, 0.2) is 79.9 Å². The summed E-state index contributed by atoms with van der Waals surface area (Å²) in [6.07, 6.45) is 21.8. The Bertz CT molecular complexity index is 6450. The van der Waals surface area contributed by atoms with Crippen LogP contribution >= 0.6 is 34.8 Å². The topological polar surface area (TPSA) is 502 Å². The fourth-order valence-electron chi connectivity index (χ4n) is 14.6. The van der Waals surface area contributed by atoms with E-state index < -0.39 is 5.97 Å². The number of esters is 2. The number of aldehydes is 1. The number of carbonyl (C=O) groups is 3. The van der Waals surface area contributed by atoms with E-state index in [0.29, 0.717) is 88.0 Å². The van der Waals surface area contributed by atoms with Gasteiger partial charge in [0.25, 0.3) is 0 Å². The molecular weight excluding hydrogens is 1830 g/mol. The summed E-state index contributed by atoms with van der Waals surface area (Å²) in [5.41, 5.74) is 19.1. The molecule has 0 bridgehead atoms. The maximum atomic E-state index is 11.9. The molecule has 9 aliphatic carbocycles. The first-order valence-corrected chi connectivity index (χ1v) is 47.6. The summed E-state index contributed by atoms with van der Waals surface area (Å²) in [6, 6.07) is 18.9. The average molecular weight is 1950 g/mol. The molecule has 0 aliphatic heterocycles. The van der Waals surface area contributed by atoms with Crippen molar-refractivity contribution in [3.05, 3.63) is 234 Å². The summed E-state index contributed by atoms with van der Waals surface area (Å²) >= 11 is 17.4. The highest BCUT2D eigenvalue weighted by Crippen LogP contribution is 2.51. The lowest BCUT2D eigenvalue weighted by Crippen LogP contribution is -2.10. The molecule has 3 unspecified atom stereocenters. The number of aliphatic hydroxyl groups excluding tert-OH is 1. The minimum atomic E-state index is -0.630. The van der Waals surface area contributed by atoms with Gasteiger partial charge in [0.05, 0.1) is 36.2 Å². The quantitative estimate of drug-likeness (QED) is 0.00879. The number of hydrogen-bond acceptors (Lipinski definition) is 31. The Morgan fingerprint density at radius 1 is 0.468 bits per heavy atom. The zero-order valence-electron chi connectivity index (χ0n) is 80.7. The summed E-state index contributed by atoms with van der Waals surface area (Å²) in [5.74, 6) is 21.8. The number of anilines is 1. The predicted molar refractivity (Wildman–Crippen MR) is 524 cm³/mol. The smallest absolute Gasteiger partial charge is 0.413 e. The molecule has 0 saturated heterocycles. The van der Waals surface area contributed by atoms with Gasteiger partial charge in [-0.1, -0.05) is 73.1 Å². The molecule has 9 saturated carbocycles. The molecule has 9 aliphatic rings. The van der Waals surface area contributed by atoms with Gasteiger partial charge in [-0.25, -0.2) is 94.5 Å². The van der Waals surface area contributed by atoms with Gasteiger partial charge in [0, 0.05) is 114 Å². The van der Waals surface area contributed by atoms with Gasteiger partial charge in [0.1, 0.15) is 127 Å². The SMILES string of the molecule is C.C=CC.C=Cc1cc(-n2nc(C)nc2C)nc(C2CC2)n1.CCOC(=O)C=[N+]=[N-].CCOC(=O)[C@H]1CC1c1cc(-n2nc(C)nc2C)nc(C2CC2)n1.Cc1ccccc1N.Cc1n[nH]c(C)n1.Cc1nc(C)n(-c2cc(C3C[C@@H]3C=O)nc(C3CC3)n2)n1.Cc1nc(C)n(-c2cc(C3C[C@@H]3CO)nc(C3CC3)n2)n1.Cc1nc(C)n(-c2cc(Cl)nc(C3CC3)n2)n1.Clc1cc(Cl)nc(C2CC2)n1. The largest absolute Gasteiger partial charge is 0.466 e. The first kappa shape index (κ1) is 105. The van der Waals surface area contributed by atoms with E-state index in [2.05, 4.69) is 138 Å². The van der Waals surface area contributed by atoms with Crippen molar-refractivity contribution in [2.24, 2.45) is 17.8 Å². The minimum absolute atomic E-state index is 0. The zero-order chi connectivity index (χ0) is 98.9. The van der Waals surface area contributed by atoms with Gasteiger partial charge >= 0.3 is 18.2 Å². The molecule has 13 aromatic rings. The molecule has 732 valence electrons. The highest BCUT2D eigenvalue weighted by molar-refractivity contribution is 6.33. The maximum Gasteiger partial charge on any atom is 0.413 e. The van der Waals surface area contributed by atoms with E-state index in [9.17, 15) is 19.5 Å². The minimum Gasteiger partial charge on any atom is -0.466 e. The van der Waals surface area contributed by atoms with Crippen LogP contribution in [0.5, 0.6) is 0 Å². The summed E-state index contributed by atoms with van der Waals surface area (Å²) in [4.78, 5) is 115. The van der Waals surface area contributed by atoms with Crippen molar-refractivity contribution in [1.29, 1.82) is 0 Å². The molecule has 0 spiro atoms. The molecule has 42 heteroatoms. The summed E-state index contributed by atoms with van der Waals surface area (Å²) < 4.78 is 18.3. The second-order valence-electron chi connectivity index (χ2n) is 35.1. The number of aromatic amines is 1. The number of benzene rings is 1. The first-order valence-electron chi connectivity index (χ1n) is 46.5. The van der Waals surface area contributed by atoms with Crippen LogP contribution in [0.4, 0.5) is 5.69 Å². The number of rotatable bonds is 21. The number of nitrogens with one attached hydrogen (secondary N) is 1. The summed E-state index contributed by atoms with van der Waals surface area (Å²) in [5, 5.41) is 39.0. The molecule has 9 fully saturated rings. The van der Waals surface area contributed by atoms with Crippen LogP contribution in [-0.2, 0) is 23.9 Å². The van der Waals surface area contributed by atoms with Crippen molar-refractivity contribution >= 4 is 71.0 Å². The fourth-order valence-corrected chi connectivity index (χ4v) is 15.2. The first-order chi connectivity index (χ1) is 66.2. The second-order valence-corrected chi connectivity index (χ2v) is 36.3. The molecule has 0 radical (unpaired) electrons. The van der Waals surface area contributed by atoms with Crippen molar-refractivity contribution in [3.8, 4) is 29.1 Å². The lowest BCUT2D eigenvalue weighted by Gasteiger charge is -2.08. The third kappa shape index (κ3) is 30.1. The lowest BCUT2D eigenvalue weighted by atomic mass is 10.2. The summed E-state index contributed by atoms with van der Waals surface area (Å²) in [6.45, 7) is 38.2. The molecular formula is C97H122Cl3N33O6. The van der Waals surface area contributed by atoms with Gasteiger partial charge in [-0.05, 0) is 231 Å². The van der Waals surface area contributed by atoms with Crippen molar-refractivity contribution in [1.82, 2.24) is 149 Å². The lowest BCUT2D eigenvalue weighted by molar-refractivity contribution is -0.144. The standard InChI is InChI=1S/C17H21N5O2.C15H19N5O.C15H17N5O.C13H15N5.C11H12ClN5.C7H6Cl2N2.C7H9N.C4H7N3.C4H6N2O2.C3H6.CH4/c1-4-24-17(23)13-7-12(13)14-8-15(20-16(19-14)11-5-6-11)22-10(3)18-9(2)21-22;2*1-8-16-9(2)20(19-8)14-6-13(12-5-11(12)7-21)17-15(18-14)10-3-4-10;1-4-11-7-12(16-13(15-11)10-5-6-10)18-9(3)14-8(2)17-18;1-6-13-7(2)17(16-6)10-5-9(12)14-11(15-10)8-3-4-8;8-5-3-6(9)11-7(10-5)4-1-2-4;1-6-4-2-3-5-7(6)8;1-3-5-4(2)7-6-3;1-2-8-4(7)3-6-5;1-3-2;/h8,11-13H,4-7H2,1-3H3;6,10-12,21H,3-5,7H2,1-2H3;6-7,10-12H,3-5H2,1-2H3;4,7,10H,1,5-6H2,2-3H3;5,8H,3-4H2,1-2H3;3-4H,1-2H2;2-5H,8H2,1H3;1-2H3,(H,5,6,7);3H,2H2,1H3;3H,1H2,2H3;1H4/t12?,13-;2*11-,12?;;;;;;;;/m011......../s1. The van der Waals surface area contributed by atoms with E-state index >= 15 is 0 Å². The molecule has 12 heterocycles. The Balaban J connectivity index is 0.000000143. The number of nitrogens with zero attached hydrogens (tertiary/aromatic N) is 31. The number of hydrogen-bond donors (Lipinski definition) is 3. The number of aromatic nitrogens is 30. The highest BCUT2D eigenvalue weighted by Gasteiger charge is 2.48. The van der Waals surface area contributed by atoms with Gasteiger partial charge in [-0.3, -0.25) is 9.89 Å². The van der Waals surface area contributed by atoms with Crippen molar-refractivity contribution in [2.75, 3.05) is 25.6 Å². The van der Waals surface area contributed by atoms with Gasteiger partial charge < -0.3 is 30.6 Å². The van der Waals surface area contributed by atoms with Crippen LogP contribution in [0.2, 0.25) is 15.5 Å². The van der Waals surface area contributed by atoms with Gasteiger partial charge in [0.15, 0.2) is 29.1 Å². The second kappa shape index (κ2) is 47.8. The molecule has 22 rings (SSSR count). The van der Waals surface area contributed by atoms with E-state index in [1.165, 1.54) is 25.7 Å². The molecule has 1 aromatic carbocycles. The Labute approximate surface area is 823 Å². The fraction of sp³-hybridized carbons (Fsp3) is 0.485. The van der Waals surface area contributed by atoms with E-state index in [4.69, 9.17) is 60.8 Å². The van der Waals surface area contributed by atoms with Crippen LogP contribution < -0.4 is 5.73 Å². The van der Waals surface area contributed by atoms with E-state index in [0.717, 1.165) is 239 Å². The van der Waals surface area contributed by atoms with Crippen LogP contribution in [0.25, 0.3) is 40.7 Å². The highest BCUT2D eigenvalue weighted by atomic mass is 35.5. The average Bonchev–Trinajstić information content (AvgIpc) is 1.61. The number of ether oxygens (including phenoxy) is 2. The van der Waals surface area contributed by atoms with Crippen LogP contribution in [0.1, 0.15) is 311 Å². The number of nitrogen functional groups attached to an aromatic ring is 1. The molecule has 12 aromatic heterocycles. The number of nitrogens with two attached hydrogens (primary N) is 1. The van der Waals surface area contributed by atoms with Crippen LogP contribution in [-0.4, -0.2) is 203 Å². The Morgan fingerprint density at radius 3 is 1.12 bits per heavy atom. The number of para-hydroxylation sites is 1. The normalized spacial score (nSPS) is 17.8. The summed E-state index contributed by atoms with van der Waals surface area (Å²) in [7, 11) is 0. The van der Waals surface area contributed by atoms with E-state index in [-0.39, 0.29) is 43.7 Å². The zero-order valence-corrected chi connectivity index (χ0v) is 83.0. The van der Waals surface area contributed by atoms with E-state index in [1.807, 2.05) is 152 Å². The molecule has 4 N–H and O–H groups in total. The Morgan fingerprint density at radius 2 is 0.820 bits per heavy atom. The van der Waals surface area contributed by atoms with Gasteiger partial charge in [-0.15, -0.1) is 32.1 Å². The number of aryl methyl sites for hydroxylation is 13. The molecule has 139 heavy (non-hydrogen) atoms. The number of allylic oxidation sites excluding steroid dienone is 1. The predicted octanol–water partition coefficient (Wildman–Crippen LogP) is 16.5.